The van der Waals surface area contributed by atoms with Crippen molar-refractivity contribution in [2.75, 3.05) is 11.9 Å². The molecule has 4 rings (SSSR count). The second-order valence-corrected chi connectivity index (χ2v) is 7.35. The predicted octanol–water partition coefficient (Wildman–Crippen LogP) is 2.97. The third-order valence-corrected chi connectivity index (χ3v) is 5.34. The summed E-state index contributed by atoms with van der Waals surface area (Å²) >= 11 is 0. The van der Waals surface area contributed by atoms with Crippen molar-refractivity contribution in [3.8, 4) is 0 Å². The van der Waals surface area contributed by atoms with Gasteiger partial charge in [0.2, 0.25) is 5.95 Å². The number of hydrogen-bond acceptors (Lipinski definition) is 5. The zero-order chi connectivity index (χ0) is 20.2. The third-order valence-electron chi connectivity index (χ3n) is 5.34. The topological polar surface area (TPSA) is 75.9 Å². The molecule has 0 bridgehead atoms. The number of carbonyl (C=O) groups excluding carboxylic acids is 1. The van der Waals surface area contributed by atoms with Crippen LogP contribution in [0.5, 0.6) is 0 Å². The summed E-state index contributed by atoms with van der Waals surface area (Å²) in [5, 5.41) is 7.89. The molecule has 2 aromatic heterocycles. The Morgan fingerprint density at radius 1 is 1.17 bits per heavy atom. The number of amides is 1. The van der Waals surface area contributed by atoms with Crippen molar-refractivity contribution in [2.24, 2.45) is 7.05 Å². The van der Waals surface area contributed by atoms with Crippen LogP contribution in [0.2, 0.25) is 0 Å². The summed E-state index contributed by atoms with van der Waals surface area (Å²) in [5.41, 5.74) is 5.33. The molecule has 3 heterocycles. The molecule has 0 unspecified atom stereocenters. The van der Waals surface area contributed by atoms with Crippen molar-refractivity contribution >= 4 is 11.9 Å². The van der Waals surface area contributed by atoms with Gasteiger partial charge in [-0.25, -0.2) is 9.97 Å². The van der Waals surface area contributed by atoms with Crippen LogP contribution in [-0.2, 0) is 33.0 Å². The number of aryl methyl sites for hydroxylation is 2. The minimum Gasteiger partial charge on any atom is -0.348 e. The molecular weight excluding hydrogens is 364 g/mol. The van der Waals surface area contributed by atoms with Crippen molar-refractivity contribution in [2.45, 2.75) is 39.3 Å². The van der Waals surface area contributed by atoms with Crippen LogP contribution >= 0.6 is 0 Å². The lowest BCUT2D eigenvalue weighted by molar-refractivity contribution is 0.0730. The Morgan fingerprint density at radius 2 is 1.93 bits per heavy atom. The van der Waals surface area contributed by atoms with Crippen molar-refractivity contribution < 1.29 is 4.79 Å². The molecule has 0 saturated heterocycles. The van der Waals surface area contributed by atoms with Crippen LogP contribution in [0.4, 0.5) is 5.95 Å². The average molecular weight is 390 g/mol. The first-order valence-electron chi connectivity index (χ1n) is 10.1. The van der Waals surface area contributed by atoms with Crippen molar-refractivity contribution in [1.29, 1.82) is 0 Å². The van der Waals surface area contributed by atoms with Gasteiger partial charge < -0.3 is 10.2 Å². The lowest BCUT2D eigenvalue weighted by Gasteiger charge is -2.28. The maximum Gasteiger partial charge on any atom is 0.254 e. The second kappa shape index (κ2) is 8.43. The Kier molecular flexibility index (Phi) is 5.55. The number of aromatic nitrogens is 4. The molecule has 1 aliphatic heterocycles. The van der Waals surface area contributed by atoms with E-state index in [9.17, 15) is 4.79 Å². The normalized spacial score (nSPS) is 13.2. The van der Waals surface area contributed by atoms with Gasteiger partial charge in [0.1, 0.15) is 0 Å². The largest absolute Gasteiger partial charge is 0.348 e. The number of fused-ring (bicyclic) bond motifs is 1. The summed E-state index contributed by atoms with van der Waals surface area (Å²) in [6.07, 6.45) is 6.37. The lowest BCUT2D eigenvalue weighted by Crippen LogP contribution is -2.36. The van der Waals surface area contributed by atoms with E-state index < -0.39 is 0 Å². The van der Waals surface area contributed by atoms with Crippen molar-refractivity contribution in [1.82, 2.24) is 24.6 Å². The number of nitrogens with zero attached hydrogens (tertiary/aromatic N) is 5. The van der Waals surface area contributed by atoms with E-state index in [2.05, 4.69) is 39.4 Å². The fraction of sp³-hybridized carbons (Fsp3) is 0.364. The fourth-order valence-corrected chi connectivity index (χ4v) is 3.81. The molecule has 1 aromatic carbocycles. The minimum absolute atomic E-state index is 0.0808. The number of benzene rings is 1. The molecule has 0 saturated carbocycles. The molecule has 3 aromatic rings. The highest BCUT2D eigenvalue weighted by molar-refractivity contribution is 5.94. The second-order valence-electron chi connectivity index (χ2n) is 7.35. The quantitative estimate of drug-likeness (QED) is 0.700. The average Bonchev–Trinajstić information content (AvgIpc) is 3.08. The molecule has 150 valence electrons. The number of nitrogens with one attached hydrogen (secondary N) is 1. The third kappa shape index (κ3) is 4.13. The Morgan fingerprint density at radius 3 is 2.66 bits per heavy atom. The van der Waals surface area contributed by atoms with Gasteiger partial charge in [0.25, 0.3) is 5.91 Å². The number of rotatable bonds is 6. The highest BCUT2D eigenvalue weighted by Crippen LogP contribution is 2.24. The van der Waals surface area contributed by atoms with Crippen molar-refractivity contribution in [3.05, 3.63) is 70.8 Å². The van der Waals surface area contributed by atoms with E-state index in [1.54, 1.807) is 18.5 Å². The van der Waals surface area contributed by atoms with Gasteiger partial charge in [-0.2, -0.15) is 5.10 Å². The maximum absolute atomic E-state index is 13.0. The summed E-state index contributed by atoms with van der Waals surface area (Å²) in [6.45, 7) is 4.01. The highest BCUT2D eigenvalue weighted by atomic mass is 16.2. The van der Waals surface area contributed by atoms with Gasteiger partial charge in [-0.3, -0.25) is 9.48 Å². The first kappa shape index (κ1) is 19.1. The molecule has 1 amide bonds. The van der Waals surface area contributed by atoms with E-state index >= 15 is 0 Å². The SMILES string of the molecule is CCCc1ccc(C(=O)N2CCc3c(CNc4ncccn4)nn(C)c3C2)cc1. The molecule has 1 N–H and O–H groups in total. The summed E-state index contributed by atoms with van der Waals surface area (Å²) < 4.78 is 1.89. The number of carbonyl (C=O) groups is 1. The minimum atomic E-state index is 0.0808. The van der Waals surface area contributed by atoms with Crippen LogP contribution in [0.15, 0.2) is 42.7 Å². The van der Waals surface area contributed by atoms with E-state index in [-0.39, 0.29) is 5.91 Å². The molecule has 7 heteroatoms. The van der Waals surface area contributed by atoms with Crippen molar-refractivity contribution in [3.63, 3.8) is 0 Å². The molecule has 0 atom stereocenters. The van der Waals surface area contributed by atoms with Crippen LogP contribution in [0.3, 0.4) is 0 Å². The van der Waals surface area contributed by atoms with E-state index in [4.69, 9.17) is 0 Å². The maximum atomic E-state index is 13.0. The zero-order valence-electron chi connectivity index (χ0n) is 16.9. The Labute approximate surface area is 170 Å². The summed E-state index contributed by atoms with van der Waals surface area (Å²) in [7, 11) is 1.94. The molecule has 1 aliphatic rings. The fourth-order valence-electron chi connectivity index (χ4n) is 3.81. The molecule has 7 nitrogen and oxygen atoms in total. The van der Waals surface area contributed by atoms with Crippen LogP contribution in [0, 0.1) is 0 Å². The Balaban J connectivity index is 1.45. The van der Waals surface area contributed by atoms with Gasteiger partial charge in [0, 0.05) is 37.1 Å². The molecule has 0 radical (unpaired) electrons. The van der Waals surface area contributed by atoms with Gasteiger partial charge in [0.05, 0.1) is 24.5 Å². The zero-order valence-corrected chi connectivity index (χ0v) is 16.9. The highest BCUT2D eigenvalue weighted by Gasteiger charge is 2.27. The van der Waals surface area contributed by atoms with E-state index in [0.717, 1.165) is 36.2 Å². The predicted molar refractivity (Wildman–Crippen MR) is 111 cm³/mol. The van der Waals surface area contributed by atoms with Crippen LogP contribution in [0.1, 0.15) is 46.2 Å². The Hall–Kier alpha value is -3.22. The van der Waals surface area contributed by atoms with E-state index in [1.165, 1.54) is 11.1 Å². The number of anilines is 1. The van der Waals surface area contributed by atoms with Gasteiger partial charge in [-0.1, -0.05) is 25.5 Å². The standard InChI is InChI=1S/C22H26N6O/c1-3-5-16-6-8-17(9-7-16)21(29)28-13-10-18-19(26-27(2)20(18)15-28)14-25-22-23-11-4-12-24-22/h4,6-9,11-12H,3,5,10,13-15H2,1-2H3,(H,23,24,25). The molecular formula is C22H26N6O. The first-order valence-corrected chi connectivity index (χ1v) is 10.1. The summed E-state index contributed by atoms with van der Waals surface area (Å²) in [5.74, 6) is 0.670. The van der Waals surface area contributed by atoms with Crippen LogP contribution in [0.25, 0.3) is 0 Å². The van der Waals surface area contributed by atoms with Gasteiger partial charge >= 0.3 is 0 Å². The summed E-state index contributed by atoms with van der Waals surface area (Å²) in [6, 6.07) is 9.80. The smallest absolute Gasteiger partial charge is 0.254 e. The first-order chi connectivity index (χ1) is 14.2. The van der Waals surface area contributed by atoms with Gasteiger partial charge in [-0.05, 0) is 36.6 Å². The summed E-state index contributed by atoms with van der Waals surface area (Å²) in [4.78, 5) is 23.3. The molecule has 0 fully saturated rings. The van der Waals surface area contributed by atoms with E-state index in [0.29, 0.717) is 25.6 Å². The number of hydrogen-bond donors (Lipinski definition) is 1. The van der Waals surface area contributed by atoms with Crippen LogP contribution in [-0.4, -0.2) is 37.1 Å². The lowest BCUT2D eigenvalue weighted by atomic mass is 10.0. The Bertz CT molecular complexity index is 981. The molecule has 0 spiro atoms. The van der Waals surface area contributed by atoms with E-state index in [1.807, 2.05) is 28.8 Å². The molecule has 29 heavy (non-hydrogen) atoms. The van der Waals surface area contributed by atoms with Crippen LogP contribution < -0.4 is 5.32 Å². The van der Waals surface area contributed by atoms with Gasteiger partial charge in [-0.15, -0.1) is 0 Å². The van der Waals surface area contributed by atoms with Gasteiger partial charge in [0.15, 0.2) is 0 Å². The molecule has 0 aliphatic carbocycles. The monoisotopic (exact) mass is 390 g/mol.